The van der Waals surface area contributed by atoms with Crippen LogP contribution >= 0.6 is 0 Å². The Bertz CT molecular complexity index is 410. The molecule has 15 heavy (non-hydrogen) atoms. The van der Waals surface area contributed by atoms with Crippen LogP contribution in [-0.2, 0) is 5.54 Å². The highest BCUT2D eigenvalue weighted by Gasteiger charge is 2.44. The molecule has 1 saturated heterocycles. The van der Waals surface area contributed by atoms with Crippen molar-refractivity contribution in [3.63, 3.8) is 0 Å². The van der Waals surface area contributed by atoms with Crippen molar-refractivity contribution < 1.29 is 4.79 Å². The van der Waals surface area contributed by atoms with Crippen molar-refractivity contribution in [3.8, 4) is 0 Å². The van der Waals surface area contributed by atoms with Gasteiger partial charge in [-0.2, -0.15) is 0 Å². The Morgan fingerprint density at radius 1 is 1.33 bits per heavy atom. The van der Waals surface area contributed by atoms with Crippen LogP contribution < -0.4 is 10.6 Å². The molecule has 0 aliphatic carbocycles. The summed E-state index contributed by atoms with van der Waals surface area (Å²) in [6, 6.07) is 3.67. The van der Waals surface area contributed by atoms with Gasteiger partial charge in [0.25, 0.3) is 5.91 Å². The maximum Gasteiger partial charge on any atom is 0.253 e. The molecule has 0 aromatic carbocycles. The van der Waals surface area contributed by atoms with Gasteiger partial charge in [0.2, 0.25) is 0 Å². The summed E-state index contributed by atoms with van der Waals surface area (Å²) in [6.07, 6.45) is 3.63. The molecular weight excluding hydrogens is 190 g/mol. The lowest BCUT2D eigenvalue weighted by Gasteiger charge is -2.33. The molecule has 78 valence electrons. The van der Waals surface area contributed by atoms with Crippen LogP contribution in [-0.4, -0.2) is 24.0 Å². The summed E-state index contributed by atoms with van der Waals surface area (Å²) in [5.41, 5.74) is 1.50. The van der Waals surface area contributed by atoms with E-state index >= 15 is 0 Å². The number of carbonyl (C=O) groups is 1. The van der Waals surface area contributed by atoms with Gasteiger partial charge in [0.1, 0.15) is 0 Å². The van der Waals surface area contributed by atoms with Crippen molar-refractivity contribution in [2.45, 2.75) is 18.4 Å². The summed E-state index contributed by atoms with van der Waals surface area (Å²) in [5, 5.41) is 6.40. The second-order valence-electron chi connectivity index (χ2n) is 4.19. The minimum atomic E-state index is -0.196. The zero-order chi connectivity index (χ0) is 10.3. The number of pyridine rings is 1. The summed E-state index contributed by atoms with van der Waals surface area (Å²) in [6.45, 7) is 1.88. The van der Waals surface area contributed by atoms with Crippen molar-refractivity contribution in [3.05, 3.63) is 29.6 Å². The van der Waals surface area contributed by atoms with Crippen molar-refractivity contribution in [2.75, 3.05) is 13.1 Å². The molecule has 1 spiro atoms. The van der Waals surface area contributed by atoms with Gasteiger partial charge in [-0.05, 0) is 38.1 Å². The number of fused-ring (bicyclic) bond motifs is 2. The number of nitrogens with zero attached hydrogens (tertiary/aromatic N) is 1. The lowest BCUT2D eigenvalue weighted by Crippen LogP contribution is -2.47. The largest absolute Gasteiger partial charge is 0.341 e. The Hall–Kier alpha value is -1.42. The van der Waals surface area contributed by atoms with E-state index in [-0.39, 0.29) is 11.4 Å². The van der Waals surface area contributed by atoms with E-state index in [9.17, 15) is 4.79 Å². The molecule has 2 aliphatic rings. The van der Waals surface area contributed by atoms with E-state index in [0.29, 0.717) is 0 Å². The summed E-state index contributed by atoms with van der Waals surface area (Å²) in [4.78, 5) is 16.1. The topological polar surface area (TPSA) is 54.0 Å². The zero-order valence-electron chi connectivity index (χ0n) is 8.42. The Balaban J connectivity index is 2.10. The predicted molar refractivity (Wildman–Crippen MR) is 55.5 cm³/mol. The van der Waals surface area contributed by atoms with Gasteiger partial charge in [-0.1, -0.05) is 0 Å². The SMILES string of the molecule is O=C1NC2(CCNCC2)c2ncccc21. The van der Waals surface area contributed by atoms with Gasteiger partial charge in [-0.3, -0.25) is 9.78 Å². The summed E-state index contributed by atoms with van der Waals surface area (Å²) in [5.74, 6) is 0.0278. The van der Waals surface area contributed by atoms with Gasteiger partial charge in [0.15, 0.2) is 0 Å². The van der Waals surface area contributed by atoms with Gasteiger partial charge in [0.05, 0.1) is 16.8 Å². The van der Waals surface area contributed by atoms with Gasteiger partial charge < -0.3 is 10.6 Å². The van der Waals surface area contributed by atoms with Gasteiger partial charge in [-0.25, -0.2) is 0 Å². The van der Waals surface area contributed by atoms with E-state index in [4.69, 9.17) is 0 Å². The van der Waals surface area contributed by atoms with E-state index < -0.39 is 0 Å². The molecule has 3 heterocycles. The Morgan fingerprint density at radius 3 is 2.93 bits per heavy atom. The van der Waals surface area contributed by atoms with Gasteiger partial charge in [-0.15, -0.1) is 0 Å². The quantitative estimate of drug-likeness (QED) is 0.642. The Labute approximate surface area is 88.1 Å². The van der Waals surface area contributed by atoms with Crippen molar-refractivity contribution in [1.82, 2.24) is 15.6 Å². The van der Waals surface area contributed by atoms with Crippen LogP contribution in [0.3, 0.4) is 0 Å². The summed E-state index contributed by atoms with van der Waals surface area (Å²) in [7, 11) is 0. The fraction of sp³-hybridized carbons (Fsp3) is 0.455. The van der Waals surface area contributed by atoms with Crippen LogP contribution in [0.2, 0.25) is 0 Å². The smallest absolute Gasteiger partial charge is 0.253 e. The maximum atomic E-state index is 11.8. The molecule has 0 unspecified atom stereocenters. The molecule has 4 nitrogen and oxygen atoms in total. The lowest BCUT2D eigenvalue weighted by molar-refractivity contribution is 0.0913. The third kappa shape index (κ3) is 1.18. The lowest BCUT2D eigenvalue weighted by atomic mass is 9.86. The second kappa shape index (κ2) is 3.03. The predicted octanol–water partition coefficient (Wildman–Crippen LogP) is 0.404. The highest BCUT2D eigenvalue weighted by molar-refractivity contribution is 5.99. The van der Waals surface area contributed by atoms with Crippen LogP contribution in [0.1, 0.15) is 28.9 Å². The zero-order valence-corrected chi connectivity index (χ0v) is 8.42. The molecule has 0 atom stereocenters. The molecule has 2 N–H and O–H groups in total. The molecule has 1 aromatic heterocycles. The highest BCUT2D eigenvalue weighted by Crippen LogP contribution is 2.36. The second-order valence-corrected chi connectivity index (χ2v) is 4.19. The van der Waals surface area contributed by atoms with Crippen LogP contribution in [0, 0.1) is 0 Å². The molecule has 4 heteroatoms. The van der Waals surface area contributed by atoms with Crippen LogP contribution in [0.15, 0.2) is 18.3 Å². The van der Waals surface area contributed by atoms with E-state index in [1.807, 2.05) is 12.1 Å². The number of hydrogen-bond acceptors (Lipinski definition) is 3. The number of piperidine rings is 1. The van der Waals surface area contributed by atoms with Crippen molar-refractivity contribution in [2.24, 2.45) is 0 Å². The first kappa shape index (κ1) is 8.85. The van der Waals surface area contributed by atoms with E-state index in [0.717, 1.165) is 37.2 Å². The number of amides is 1. The molecule has 0 bridgehead atoms. The molecule has 0 saturated carbocycles. The fourth-order valence-corrected chi connectivity index (χ4v) is 2.53. The molecule has 0 radical (unpaired) electrons. The number of aromatic nitrogens is 1. The molecule has 2 aliphatic heterocycles. The number of hydrogen-bond donors (Lipinski definition) is 2. The van der Waals surface area contributed by atoms with E-state index in [1.54, 1.807) is 6.20 Å². The standard InChI is InChI=1S/C11H13N3O/c15-10-8-2-1-5-13-9(8)11(14-10)3-6-12-7-4-11/h1-2,5,12H,3-4,6-7H2,(H,14,15). The Morgan fingerprint density at radius 2 is 2.13 bits per heavy atom. The van der Waals surface area contributed by atoms with Crippen molar-refractivity contribution >= 4 is 5.91 Å². The highest BCUT2D eigenvalue weighted by atomic mass is 16.2. The minimum Gasteiger partial charge on any atom is -0.341 e. The first-order valence-electron chi connectivity index (χ1n) is 5.31. The molecule has 1 amide bonds. The minimum absolute atomic E-state index is 0.0278. The number of rotatable bonds is 0. The van der Waals surface area contributed by atoms with Gasteiger partial charge >= 0.3 is 0 Å². The molecule has 1 aromatic rings. The maximum absolute atomic E-state index is 11.8. The molecular formula is C11H13N3O. The van der Waals surface area contributed by atoms with Crippen molar-refractivity contribution in [1.29, 1.82) is 0 Å². The number of carbonyl (C=O) groups excluding carboxylic acids is 1. The van der Waals surface area contributed by atoms with Crippen LogP contribution in [0.25, 0.3) is 0 Å². The van der Waals surface area contributed by atoms with Gasteiger partial charge in [0, 0.05) is 6.20 Å². The van der Waals surface area contributed by atoms with Crippen LogP contribution in [0.5, 0.6) is 0 Å². The third-order valence-electron chi connectivity index (χ3n) is 3.32. The monoisotopic (exact) mass is 203 g/mol. The van der Waals surface area contributed by atoms with E-state index in [1.165, 1.54) is 0 Å². The molecule has 3 rings (SSSR count). The summed E-state index contributed by atoms with van der Waals surface area (Å²) >= 11 is 0. The Kier molecular flexibility index (Phi) is 1.79. The average molecular weight is 203 g/mol. The fourth-order valence-electron chi connectivity index (χ4n) is 2.53. The molecule has 1 fully saturated rings. The average Bonchev–Trinajstić information content (AvgIpc) is 2.55. The third-order valence-corrected chi connectivity index (χ3v) is 3.32. The first-order valence-corrected chi connectivity index (χ1v) is 5.31. The van der Waals surface area contributed by atoms with Crippen LogP contribution in [0.4, 0.5) is 0 Å². The first-order chi connectivity index (χ1) is 7.32. The number of nitrogens with one attached hydrogen (secondary N) is 2. The van der Waals surface area contributed by atoms with E-state index in [2.05, 4.69) is 15.6 Å². The summed E-state index contributed by atoms with van der Waals surface area (Å²) < 4.78 is 0. The normalized spacial score (nSPS) is 22.5.